The Hall–Kier alpha value is -0.640. The highest BCUT2D eigenvalue weighted by Crippen LogP contribution is 2.35. The summed E-state index contributed by atoms with van der Waals surface area (Å²) in [6.07, 6.45) is 7.12. The summed E-state index contributed by atoms with van der Waals surface area (Å²) in [7, 11) is 0. The minimum Gasteiger partial charge on any atom is -0.331 e. The summed E-state index contributed by atoms with van der Waals surface area (Å²) in [6, 6.07) is 0. The highest BCUT2D eigenvalue weighted by atomic mass is 79.9. The van der Waals surface area contributed by atoms with E-state index in [1.807, 2.05) is 0 Å². The maximum atomic E-state index is 11.3. The van der Waals surface area contributed by atoms with Crippen molar-refractivity contribution in [1.82, 2.24) is 9.55 Å². The molecule has 0 bridgehead atoms. The molecule has 1 aliphatic carbocycles. The Kier molecular flexibility index (Phi) is 3.07. The van der Waals surface area contributed by atoms with Gasteiger partial charge in [-0.1, -0.05) is 0 Å². The van der Waals surface area contributed by atoms with Crippen LogP contribution in [-0.2, 0) is 17.8 Å². The van der Waals surface area contributed by atoms with E-state index in [0.717, 1.165) is 43.3 Å². The minimum absolute atomic E-state index is 0.422. The average molecular weight is 297 g/mol. The first kappa shape index (κ1) is 11.5. The van der Waals surface area contributed by atoms with Crippen LogP contribution in [0.3, 0.4) is 0 Å². The Balaban J connectivity index is 1.90. The summed E-state index contributed by atoms with van der Waals surface area (Å²) in [5.41, 5.74) is 1.36. The second-order valence-corrected chi connectivity index (χ2v) is 5.88. The Morgan fingerprint density at radius 2 is 1.94 bits per heavy atom. The van der Waals surface area contributed by atoms with E-state index in [2.05, 4.69) is 20.5 Å². The summed E-state index contributed by atoms with van der Waals surface area (Å²) in [5, 5.41) is 0. The summed E-state index contributed by atoms with van der Waals surface area (Å²) in [6.45, 7) is 1.10. The molecular weight excluding hydrogens is 280 g/mol. The van der Waals surface area contributed by atoms with Gasteiger partial charge in [-0.25, -0.2) is 4.98 Å². The monoisotopic (exact) mass is 296 g/mol. The van der Waals surface area contributed by atoms with E-state index in [1.54, 1.807) is 0 Å². The zero-order chi connectivity index (χ0) is 11.8. The van der Waals surface area contributed by atoms with Crippen LogP contribution in [0.5, 0.6) is 0 Å². The van der Waals surface area contributed by atoms with Gasteiger partial charge in [0.15, 0.2) is 0 Å². The van der Waals surface area contributed by atoms with Crippen molar-refractivity contribution < 1.29 is 4.79 Å². The van der Waals surface area contributed by atoms with E-state index in [0.29, 0.717) is 11.7 Å². The van der Waals surface area contributed by atoms with Crippen LogP contribution in [0.1, 0.15) is 56.0 Å². The number of aromatic nitrogens is 2. The Morgan fingerprint density at radius 1 is 1.18 bits per heavy atom. The lowest BCUT2D eigenvalue weighted by Gasteiger charge is -2.24. The number of carbonyl (C=O) groups is 1. The van der Waals surface area contributed by atoms with Crippen molar-refractivity contribution >= 4 is 21.7 Å². The summed E-state index contributed by atoms with van der Waals surface area (Å²) in [4.78, 5) is 16.0. The van der Waals surface area contributed by atoms with E-state index in [4.69, 9.17) is 4.98 Å². The van der Waals surface area contributed by atoms with Gasteiger partial charge in [0, 0.05) is 25.3 Å². The molecule has 92 valence electrons. The SMILES string of the molecule is O=C1CCC(c2nc(Br)c3n2CCCC3)CC1. The molecule has 17 heavy (non-hydrogen) atoms. The summed E-state index contributed by atoms with van der Waals surface area (Å²) >= 11 is 3.58. The van der Waals surface area contributed by atoms with E-state index >= 15 is 0 Å². The Labute approximate surface area is 110 Å². The molecule has 3 nitrogen and oxygen atoms in total. The van der Waals surface area contributed by atoms with Gasteiger partial charge in [-0.3, -0.25) is 4.79 Å². The van der Waals surface area contributed by atoms with Crippen LogP contribution in [0.25, 0.3) is 0 Å². The van der Waals surface area contributed by atoms with Gasteiger partial charge in [-0.15, -0.1) is 0 Å². The smallest absolute Gasteiger partial charge is 0.132 e. The van der Waals surface area contributed by atoms with Gasteiger partial charge in [0.2, 0.25) is 0 Å². The van der Waals surface area contributed by atoms with Crippen molar-refractivity contribution in [2.45, 2.75) is 57.4 Å². The highest BCUT2D eigenvalue weighted by Gasteiger charge is 2.27. The molecule has 1 aromatic rings. The average Bonchev–Trinajstić information content (AvgIpc) is 2.69. The summed E-state index contributed by atoms with van der Waals surface area (Å²) < 4.78 is 3.43. The van der Waals surface area contributed by atoms with E-state index in [1.165, 1.54) is 24.4 Å². The van der Waals surface area contributed by atoms with Crippen molar-refractivity contribution in [3.63, 3.8) is 0 Å². The number of halogens is 1. The highest BCUT2D eigenvalue weighted by molar-refractivity contribution is 9.10. The minimum atomic E-state index is 0.422. The molecule has 3 rings (SSSR count). The first-order valence-corrected chi connectivity index (χ1v) is 7.31. The van der Waals surface area contributed by atoms with Crippen LogP contribution in [0.4, 0.5) is 0 Å². The van der Waals surface area contributed by atoms with Crippen molar-refractivity contribution in [2.75, 3.05) is 0 Å². The van der Waals surface area contributed by atoms with E-state index in [-0.39, 0.29) is 0 Å². The molecule has 1 aromatic heterocycles. The normalized spacial score (nSPS) is 21.6. The van der Waals surface area contributed by atoms with Crippen LogP contribution in [0.2, 0.25) is 0 Å². The predicted molar refractivity (Wildman–Crippen MR) is 69.1 cm³/mol. The van der Waals surface area contributed by atoms with Gasteiger partial charge in [0.25, 0.3) is 0 Å². The molecule has 0 N–H and O–H groups in total. The maximum Gasteiger partial charge on any atom is 0.132 e. The van der Waals surface area contributed by atoms with Crippen LogP contribution in [0, 0.1) is 0 Å². The number of nitrogens with zero attached hydrogens (tertiary/aromatic N) is 2. The number of carbonyl (C=O) groups excluding carboxylic acids is 1. The lowest BCUT2D eigenvalue weighted by molar-refractivity contribution is -0.120. The van der Waals surface area contributed by atoms with E-state index in [9.17, 15) is 4.79 Å². The molecule has 0 unspecified atom stereocenters. The third-order valence-electron chi connectivity index (χ3n) is 4.01. The number of ketones is 1. The molecular formula is C13H17BrN2O. The maximum absolute atomic E-state index is 11.3. The molecule has 0 radical (unpaired) electrons. The third kappa shape index (κ3) is 2.07. The molecule has 1 saturated carbocycles. The van der Waals surface area contributed by atoms with Crippen molar-refractivity contribution in [3.8, 4) is 0 Å². The fourth-order valence-electron chi connectivity index (χ4n) is 3.03. The Bertz CT molecular complexity index is 443. The fourth-order valence-corrected chi connectivity index (χ4v) is 3.63. The first-order valence-electron chi connectivity index (χ1n) is 6.52. The molecule has 0 aromatic carbocycles. The van der Waals surface area contributed by atoms with Gasteiger partial charge in [-0.2, -0.15) is 0 Å². The second kappa shape index (κ2) is 4.56. The standard InChI is InChI=1S/C13H17BrN2O/c14-12-11-3-1-2-8-16(11)13(15-12)9-4-6-10(17)7-5-9/h9H,1-8H2. The third-order valence-corrected chi connectivity index (χ3v) is 4.64. The van der Waals surface area contributed by atoms with Crippen molar-refractivity contribution in [2.24, 2.45) is 0 Å². The molecule has 1 fully saturated rings. The number of rotatable bonds is 1. The van der Waals surface area contributed by atoms with Crippen LogP contribution < -0.4 is 0 Å². The van der Waals surface area contributed by atoms with Crippen molar-refractivity contribution in [3.05, 3.63) is 16.1 Å². The first-order chi connectivity index (χ1) is 8.25. The molecule has 0 saturated heterocycles. The van der Waals surface area contributed by atoms with Crippen LogP contribution in [-0.4, -0.2) is 15.3 Å². The molecule has 2 heterocycles. The lowest BCUT2D eigenvalue weighted by atomic mass is 9.87. The fraction of sp³-hybridized carbons (Fsp3) is 0.692. The topological polar surface area (TPSA) is 34.9 Å². The van der Waals surface area contributed by atoms with Crippen LogP contribution >= 0.6 is 15.9 Å². The van der Waals surface area contributed by atoms with E-state index < -0.39 is 0 Å². The quantitative estimate of drug-likeness (QED) is 0.798. The molecule has 0 spiro atoms. The zero-order valence-electron chi connectivity index (χ0n) is 9.91. The molecule has 0 atom stereocenters. The molecule has 4 heteroatoms. The number of imidazole rings is 1. The molecule has 1 aliphatic heterocycles. The zero-order valence-corrected chi connectivity index (χ0v) is 11.5. The predicted octanol–water partition coefficient (Wildman–Crippen LogP) is 3.21. The van der Waals surface area contributed by atoms with Gasteiger partial charge >= 0.3 is 0 Å². The van der Waals surface area contributed by atoms with Crippen molar-refractivity contribution in [1.29, 1.82) is 0 Å². The molecule has 2 aliphatic rings. The Morgan fingerprint density at radius 3 is 2.71 bits per heavy atom. The second-order valence-electron chi connectivity index (χ2n) is 5.13. The number of Topliss-reactive ketones (excluding diaryl/α,β-unsaturated/α-hetero) is 1. The van der Waals surface area contributed by atoms with Crippen LogP contribution in [0.15, 0.2) is 4.60 Å². The largest absolute Gasteiger partial charge is 0.331 e. The lowest BCUT2D eigenvalue weighted by Crippen LogP contribution is -2.19. The number of fused-ring (bicyclic) bond motifs is 1. The number of hydrogen-bond acceptors (Lipinski definition) is 2. The van der Waals surface area contributed by atoms with Gasteiger partial charge < -0.3 is 4.57 Å². The molecule has 0 amide bonds. The summed E-state index contributed by atoms with van der Waals surface area (Å²) in [5.74, 6) is 2.14. The van der Waals surface area contributed by atoms with Gasteiger partial charge in [0.05, 0.1) is 5.69 Å². The number of hydrogen-bond donors (Lipinski definition) is 0. The van der Waals surface area contributed by atoms with Gasteiger partial charge in [0.1, 0.15) is 16.2 Å². The van der Waals surface area contributed by atoms with Gasteiger partial charge in [-0.05, 0) is 48.0 Å².